The summed E-state index contributed by atoms with van der Waals surface area (Å²) in [5, 5.41) is 2.65. The Balaban J connectivity index is 2.76. The van der Waals surface area contributed by atoms with E-state index < -0.39 is 11.3 Å². The maximum absolute atomic E-state index is 12.0. The molecule has 0 radical (unpaired) electrons. The predicted octanol–water partition coefficient (Wildman–Crippen LogP) is -0.367. The fraction of sp³-hybridized carbons (Fsp3) is 0.357. The van der Waals surface area contributed by atoms with Crippen molar-refractivity contribution in [3.8, 4) is 11.8 Å². The van der Waals surface area contributed by atoms with E-state index in [1.807, 2.05) is 0 Å². The molecule has 0 fully saturated rings. The number of nitrogens with zero attached hydrogens (tertiary/aromatic N) is 1. The molecule has 20 heavy (non-hydrogen) atoms. The summed E-state index contributed by atoms with van der Waals surface area (Å²) in [5.41, 5.74) is 10.7. The minimum Gasteiger partial charge on any atom is -0.369 e. The minimum atomic E-state index is -0.806. The lowest BCUT2D eigenvalue weighted by atomic mass is 9.92. The number of pyridine rings is 1. The molecule has 6 heteroatoms. The molecule has 0 unspecified atom stereocenters. The summed E-state index contributed by atoms with van der Waals surface area (Å²) in [7, 11) is 0. The third kappa shape index (κ3) is 4.37. The van der Waals surface area contributed by atoms with Crippen LogP contribution in [0.2, 0.25) is 0 Å². The van der Waals surface area contributed by atoms with Crippen molar-refractivity contribution in [2.45, 2.75) is 13.8 Å². The Hall–Kier alpha value is -2.39. The molecular weight excluding hydrogens is 256 g/mol. The number of nitrogens with one attached hydrogen (secondary N) is 1. The zero-order chi connectivity index (χ0) is 15.2. The fourth-order valence-corrected chi connectivity index (χ4v) is 1.28. The second-order valence-corrected chi connectivity index (χ2v) is 4.90. The first-order valence-corrected chi connectivity index (χ1v) is 6.09. The lowest BCUT2D eigenvalue weighted by Gasteiger charge is -2.20. The van der Waals surface area contributed by atoms with Gasteiger partial charge in [-0.05, 0) is 19.9 Å². The molecule has 0 saturated carbocycles. The number of amides is 2. The van der Waals surface area contributed by atoms with Crippen LogP contribution in [0.25, 0.3) is 0 Å². The van der Waals surface area contributed by atoms with E-state index in [2.05, 4.69) is 22.1 Å². The van der Waals surface area contributed by atoms with Crippen molar-refractivity contribution in [3.63, 3.8) is 0 Å². The molecule has 1 heterocycles. The Morgan fingerprint density at radius 3 is 2.70 bits per heavy atom. The standard InChI is InChI=1S/C14H18N4O2/c1-14(2,13(16)20)9-18-12(19)11-6-10(4-3-5-15)7-17-8-11/h6-8H,5,9,15H2,1-2H3,(H2,16,20)(H,18,19). The van der Waals surface area contributed by atoms with Crippen LogP contribution in [0.3, 0.4) is 0 Å². The zero-order valence-electron chi connectivity index (χ0n) is 11.6. The van der Waals surface area contributed by atoms with E-state index in [1.54, 1.807) is 26.1 Å². The normalized spacial score (nSPS) is 10.3. The number of carbonyl (C=O) groups excluding carboxylic acids is 2. The van der Waals surface area contributed by atoms with Crippen molar-refractivity contribution < 1.29 is 9.59 Å². The molecule has 0 aliphatic heterocycles. The van der Waals surface area contributed by atoms with Gasteiger partial charge in [-0.2, -0.15) is 0 Å². The van der Waals surface area contributed by atoms with E-state index in [9.17, 15) is 9.59 Å². The van der Waals surface area contributed by atoms with Gasteiger partial charge in [-0.3, -0.25) is 14.6 Å². The molecule has 2 amide bonds. The first-order valence-electron chi connectivity index (χ1n) is 6.09. The first-order chi connectivity index (χ1) is 9.36. The van der Waals surface area contributed by atoms with Crippen LogP contribution in [0.1, 0.15) is 29.8 Å². The summed E-state index contributed by atoms with van der Waals surface area (Å²) in [4.78, 5) is 27.1. The number of carbonyl (C=O) groups is 2. The van der Waals surface area contributed by atoms with Gasteiger partial charge >= 0.3 is 0 Å². The van der Waals surface area contributed by atoms with E-state index >= 15 is 0 Å². The summed E-state index contributed by atoms with van der Waals surface area (Å²) in [5.74, 6) is 4.68. The average Bonchev–Trinajstić information content (AvgIpc) is 2.42. The van der Waals surface area contributed by atoms with Gasteiger partial charge < -0.3 is 16.8 Å². The van der Waals surface area contributed by atoms with E-state index in [4.69, 9.17) is 11.5 Å². The van der Waals surface area contributed by atoms with E-state index in [0.717, 1.165) is 0 Å². The third-order valence-corrected chi connectivity index (χ3v) is 2.69. The molecule has 0 atom stereocenters. The minimum absolute atomic E-state index is 0.153. The third-order valence-electron chi connectivity index (χ3n) is 2.69. The van der Waals surface area contributed by atoms with Crippen LogP contribution >= 0.6 is 0 Å². The summed E-state index contributed by atoms with van der Waals surface area (Å²) in [6.45, 7) is 3.72. The lowest BCUT2D eigenvalue weighted by molar-refractivity contribution is -0.125. The monoisotopic (exact) mass is 274 g/mol. The SMILES string of the molecule is CC(C)(CNC(=O)c1cncc(C#CCN)c1)C(N)=O. The molecule has 0 bridgehead atoms. The van der Waals surface area contributed by atoms with Gasteiger partial charge in [0, 0.05) is 24.5 Å². The van der Waals surface area contributed by atoms with Gasteiger partial charge in [0.25, 0.3) is 5.91 Å². The van der Waals surface area contributed by atoms with E-state index in [-0.39, 0.29) is 19.0 Å². The number of primary amides is 1. The van der Waals surface area contributed by atoms with Gasteiger partial charge in [0.05, 0.1) is 17.5 Å². The molecule has 6 nitrogen and oxygen atoms in total. The van der Waals surface area contributed by atoms with Gasteiger partial charge in [0.2, 0.25) is 5.91 Å². The number of rotatable bonds is 4. The average molecular weight is 274 g/mol. The van der Waals surface area contributed by atoms with Gasteiger partial charge in [-0.1, -0.05) is 11.8 Å². The van der Waals surface area contributed by atoms with Crippen molar-refractivity contribution in [3.05, 3.63) is 29.6 Å². The smallest absolute Gasteiger partial charge is 0.252 e. The predicted molar refractivity (Wildman–Crippen MR) is 75.5 cm³/mol. The van der Waals surface area contributed by atoms with E-state index in [0.29, 0.717) is 11.1 Å². The molecule has 0 spiro atoms. The fourth-order valence-electron chi connectivity index (χ4n) is 1.28. The van der Waals surface area contributed by atoms with Gasteiger partial charge in [0.15, 0.2) is 0 Å². The molecular formula is C14H18N4O2. The van der Waals surface area contributed by atoms with Crippen LogP contribution in [-0.2, 0) is 4.79 Å². The molecule has 0 aliphatic rings. The number of hydrogen-bond donors (Lipinski definition) is 3. The first kappa shape index (κ1) is 15.7. The maximum Gasteiger partial charge on any atom is 0.252 e. The quantitative estimate of drug-likeness (QED) is 0.650. The van der Waals surface area contributed by atoms with Crippen LogP contribution in [-0.4, -0.2) is 29.9 Å². The van der Waals surface area contributed by atoms with Crippen LogP contribution in [0, 0.1) is 17.3 Å². The van der Waals surface area contributed by atoms with Crippen LogP contribution < -0.4 is 16.8 Å². The molecule has 0 aromatic carbocycles. The summed E-state index contributed by atoms with van der Waals surface area (Å²) < 4.78 is 0. The topological polar surface area (TPSA) is 111 Å². The van der Waals surface area contributed by atoms with Crippen LogP contribution in [0.4, 0.5) is 0 Å². The lowest BCUT2D eigenvalue weighted by Crippen LogP contribution is -2.42. The molecule has 5 N–H and O–H groups in total. The molecule has 1 rings (SSSR count). The Labute approximate surface area is 117 Å². The van der Waals surface area contributed by atoms with E-state index in [1.165, 1.54) is 6.20 Å². The van der Waals surface area contributed by atoms with Crippen molar-refractivity contribution >= 4 is 11.8 Å². The Bertz CT molecular complexity index is 570. The van der Waals surface area contributed by atoms with Crippen molar-refractivity contribution in [1.29, 1.82) is 0 Å². The van der Waals surface area contributed by atoms with Gasteiger partial charge in [-0.25, -0.2) is 0 Å². The summed E-state index contributed by atoms with van der Waals surface area (Å²) in [6.07, 6.45) is 2.98. The van der Waals surface area contributed by atoms with Gasteiger partial charge in [0.1, 0.15) is 0 Å². The highest BCUT2D eigenvalue weighted by Crippen LogP contribution is 2.12. The van der Waals surface area contributed by atoms with Crippen LogP contribution in [0.5, 0.6) is 0 Å². The highest BCUT2D eigenvalue weighted by atomic mass is 16.2. The number of aromatic nitrogens is 1. The molecule has 1 aromatic rings. The van der Waals surface area contributed by atoms with Crippen molar-refractivity contribution in [2.75, 3.05) is 13.1 Å². The van der Waals surface area contributed by atoms with Crippen molar-refractivity contribution in [1.82, 2.24) is 10.3 Å². The Kier molecular flexibility index (Phi) is 5.23. The highest BCUT2D eigenvalue weighted by molar-refractivity contribution is 5.94. The summed E-state index contributed by atoms with van der Waals surface area (Å²) in [6, 6.07) is 1.61. The second-order valence-electron chi connectivity index (χ2n) is 4.90. The molecule has 0 aliphatic carbocycles. The number of hydrogen-bond acceptors (Lipinski definition) is 4. The molecule has 106 valence electrons. The zero-order valence-corrected chi connectivity index (χ0v) is 11.6. The Morgan fingerprint density at radius 2 is 2.10 bits per heavy atom. The largest absolute Gasteiger partial charge is 0.369 e. The van der Waals surface area contributed by atoms with Crippen molar-refractivity contribution in [2.24, 2.45) is 16.9 Å². The second kappa shape index (κ2) is 6.68. The summed E-state index contributed by atoms with van der Waals surface area (Å²) >= 11 is 0. The Morgan fingerprint density at radius 1 is 1.40 bits per heavy atom. The highest BCUT2D eigenvalue weighted by Gasteiger charge is 2.25. The maximum atomic E-state index is 12.0. The van der Waals surface area contributed by atoms with Gasteiger partial charge in [-0.15, -0.1) is 0 Å². The molecule has 0 saturated heterocycles. The molecule has 1 aromatic heterocycles. The van der Waals surface area contributed by atoms with Crippen LogP contribution in [0.15, 0.2) is 18.5 Å². The number of nitrogens with two attached hydrogens (primary N) is 2.